The Hall–Kier alpha value is 1.30. The molecule has 0 saturated heterocycles. The predicted molar refractivity (Wildman–Crippen MR) is 123 cm³/mol. The van der Waals surface area contributed by atoms with Crippen molar-refractivity contribution in [2.45, 2.75) is 75.9 Å². The summed E-state index contributed by atoms with van der Waals surface area (Å²) in [6.45, 7) is 23.9. The Morgan fingerprint density at radius 3 is 1.80 bits per heavy atom. The molecule has 2 N–H and O–H groups in total. The van der Waals surface area contributed by atoms with Crippen LogP contribution >= 0.6 is 24.8 Å². The zero-order chi connectivity index (χ0) is 18.5. The zero-order valence-corrected chi connectivity index (χ0v) is 24.7. The molecule has 0 saturated carbocycles. The monoisotopic (exact) mass is 504 g/mol. The molecule has 0 spiro atoms. The molecule has 25 heavy (non-hydrogen) atoms. The molecule has 151 valence electrons. The molecule has 0 fully saturated rings. The molecule has 7 heteroatoms. The van der Waals surface area contributed by atoms with Gasteiger partial charge in [0, 0.05) is 0 Å². The van der Waals surface area contributed by atoms with Crippen molar-refractivity contribution in [1.82, 2.24) is 3.26 Å². The summed E-state index contributed by atoms with van der Waals surface area (Å²) in [5.41, 5.74) is 4.61. The van der Waals surface area contributed by atoms with Gasteiger partial charge in [0.2, 0.25) is 0 Å². The van der Waals surface area contributed by atoms with Gasteiger partial charge in [-0.25, -0.2) is 0 Å². The summed E-state index contributed by atoms with van der Waals surface area (Å²) in [4.78, 5) is 0. The molecule has 0 aliphatic heterocycles. The smallest absolute Gasteiger partial charge is 0.147 e. The first-order valence-corrected chi connectivity index (χ1v) is 28.8. The van der Waals surface area contributed by atoms with Crippen LogP contribution in [0.3, 0.4) is 0 Å². The quantitative estimate of drug-likeness (QED) is 0.534. The van der Waals surface area contributed by atoms with Crippen LogP contribution in [0.4, 0.5) is 0 Å². The first-order chi connectivity index (χ1) is 10.1. The van der Waals surface area contributed by atoms with Crippen LogP contribution in [0.5, 0.6) is 0 Å². The molecule has 1 rings (SSSR count). The second-order valence-electron chi connectivity index (χ2n) is 10.3. The van der Waals surface area contributed by atoms with Crippen molar-refractivity contribution >= 4 is 37.6 Å². The van der Waals surface area contributed by atoms with E-state index in [1.54, 1.807) is 3.28 Å². The first kappa shape index (κ1) is 28.5. The van der Waals surface area contributed by atoms with E-state index in [1.807, 2.05) is 0 Å². The Morgan fingerprint density at radius 1 is 1.12 bits per heavy atom. The zero-order valence-electron chi connectivity index (χ0n) is 18.0. The van der Waals surface area contributed by atoms with Crippen molar-refractivity contribution in [3.8, 4) is 0 Å². The maximum atomic E-state index is 10.1. The average molecular weight is 507 g/mol. The fourth-order valence-corrected chi connectivity index (χ4v) is 48.9. The summed E-state index contributed by atoms with van der Waals surface area (Å²) >= 11 is -4.01. The first-order valence-electron chi connectivity index (χ1n) is 9.12. The van der Waals surface area contributed by atoms with Crippen LogP contribution < -0.4 is 3.26 Å². The third kappa shape index (κ3) is 4.49. The van der Waals surface area contributed by atoms with E-state index in [-0.39, 0.29) is 30.4 Å². The van der Waals surface area contributed by atoms with E-state index in [9.17, 15) is 5.11 Å². The Bertz CT molecular complexity index is 679. The van der Waals surface area contributed by atoms with Gasteiger partial charge >= 0.3 is 145 Å². The maximum absolute atomic E-state index is 10.1. The standard InChI is InChI=1S/C9H13.C4H10N.C2H5O.C2H7Si.CH3.2ClH.H2Si.Zr/c1-6-5-7(2)9(4)8(6)3;1-4(2,3)5;1-2-3;1-3-2;;;;;/h6H,1-4H3;5H,1-3H3;3H,1-2H2;3H,1-2H3;1H3;2*1H;1H2;/q;-1;;;;;;;+1. The van der Waals surface area contributed by atoms with Gasteiger partial charge in [-0.1, -0.05) is 0 Å². The number of rotatable bonds is 5. The molecule has 0 aromatic rings. The molecule has 0 aromatic heterocycles. The molecule has 0 bridgehead atoms. The van der Waals surface area contributed by atoms with Crippen molar-refractivity contribution in [2.75, 3.05) is 6.61 Å². The van der Waals surface area contributed by atoms with E-state index in [0.717, 1.165) is 4.13 Å². The van der Waals surface area contributed by atoms with Gasteiger partial charge in [0.1, 0.15) is 0 Å². The molecule has 2 nitrogen and oxygen atoms in total. The topological polar surface area (TPSA) is 32.3 Å². The Balaban J connectivity index is 0. The largest absolute Gasteiger partial charge is 0.147 e. The predicted octanol–water partition coefficient (Wildman–Crippen LogP) is 4.61. The van der Waals surface area contributed by atoms with Gasteiger partial charge in [0.25, 0.3) is 0 Å². The fraction of sp³-hybridized carbons (Fsp3) is 0.778. The summed E-state index contributed by atoms with van der Waals surface area (Å²) in [6, 6.07) is 0. The number of nitrogens with one attached hydrogen (secondary N) is 1. The second-order valence-corrected chi connectivity index (χ2v) is 70.7. The van der Waals surface area contributed by atoms with E-state index in [2.05, 4.69) is 76.3 Å². The minimum Gasteiger partial charge on any atom is -0.147 e. The maximum Gasteiger partial charge on any atom is -0.147 e. The van der Waals surface area contributed by atoms with E-state index >= 15 is 0 Å². The van der Waals surface area contributed by atoms with Crippen LogP contribution in [-0.4, -0.2) is 30.1 Å². The number of hydrogen-bond donors (Lipinski definition) is 2. The summed E-state index contributed by atoms with van der Waals surface area (Å²) in [7, 11) is 0. The fourth-order valence-electron chi connectivity index (χ4n) is 5.46. The number of allylic oxidation sites excluding steroid dienone is 4. The van der Waals surface area contributed by atoms with Crippen LogP contribution in [0.2, 0.25) is 21.9 Å². The normalized spacial score (nSPS) is 21.7. The Kier molecular flexibility index (Phi) is 9.08. The molecule has 1 aliphatic carbocycles. The molecule has 0 heterocycles. The van der Waals surface area contributed by atoms with Crippen LogP contribution in [0.1, 0.15) is 48.5 Å². The van der Waals surface area contributed by atoms with Gasteiger partial charge in [0.15, 0.2) is 0 Å². The van der Waals surface area contributed by atoms with Crippen molar-refractivity contribution < 1.29 is 20.5 Å². The average Bonchev–Trinajstić information content (AvgIpc) is 2.52. The molecule has 0 aromatic carbocycles. The van der Waals surface area contributed by atoms with Gasteiger partial charge in [-0.05, 0) is 0 Å². The number of aliphatic hydroxyl groups is 1. The number of aliphatic hydroxyl groups excluding tert-OH is 1. The summed E-state index contributed by atoms with van der Waals surface area (Å²) < 4.78 is 9.62. The minimum atomic E-state index is -4.01. The van der Waals surface area contributed by atoms with Crippen molar-refractivity contribution in [1.29, 1.82) is 0 Å². The molecule has 1 aliphatic rings. The molecule has 0 radical (unpaired) electrons. The van der Waals surface area contributed by atoms with E-state index in [4.69, 9.17) is 0 Å². The summed E-state index contributed by atoms with van der Waals surface area (Å²) in [6.07, 6.45) is 0. The third-order valence-electron chi connectivity index (χ3n) is 7.30. The van der Waals surface area contributed by atoms with Gasteiger partial charge in [-0.2, -0.15) is 0 Å². The van der Waals surface area contributed by atoms with Crippen LogP contribution in [-0.2, 0) is 15.4 Å². The van der Waals surface area contributed by atoms with Gasteiger partial charge < -0.3 is 0 Å². The second kappa shape index (κ2) is 7.97. The van der Waals surface area contributed by atoms with Gasteiger partial charge in [-0.3, -0.25) is 0 Å². The van der Waals surface area contributed by atoms with Crippen LogP contribution in [0.15, 0.2) is 20.0 Å². The molecule has 0 amide bonds. The van der Waals surface area contributed by atoms with Crippen LogP contribution in [0.25, 0.3) is 0 Å². The Morgan fingerprint density at radius 2 is 1.56 bits per heavy atom. The van der Waals surface area contributed by atoms with E-state index < -0.39 is 21.3 Å². The molecular weight excluding hydrogens is 465 g/mol. The van der Waals surface area contributed by atoms with Crippen LogP contribution in [0, 0.1) is 5.92 Å². The van der Waals surface area contributed by atoms with Crippen molar-refractivity contribution in [3.05, 3.63) is 20.0 Å². The van der Waals surface area contributed by atoms with Crippen molar-refractivity contribution in [3.63, 3.8) is 0 Å². The third-order valence-corrected chi connectivity index (χ3v) is 79.8. The molecule has 1 atom stereocenters. The van der Waals surface area contributed by atoms with E-state index in [0.29, 0.717) is 12.5 Å². The molecule has 1 unspecified atom stereocenters. The summed E-state index contributed by atoms with van der Waals surface area (Å²) in [5, 5.41) is 10.1. The minimum absolute atomic E-state index is 0. The number of halogens is 2. The van der Waals surface area contributed by atoms with Crippen molar-refractivity contribution in [2.24, 2.45) is 5.92 Å². The van der Waals surface area contributed by atoms with E-state index in [1.165, 1.54) is 16.7 Å². The van der Waals surface area contributed by atoms with Gasteiger partial charge in [0.05, 0.1) is 0 Å². The number of hydrogen-bond acceptors (Lipinski definition) is 2. The summed E-state index contributed by atoms with van der Waals surface area (Å²) in [5.74, 6) is -0.575. The molecular formula is C18H42Cl2NOSi2Zr. The SMILES string of the molecule is CC1=C(C)C(C)[C]([Zr]([CH3])(=[SiH2])([CH2]CO)([NH]C(C)(C)C)[SiH](C)C)=C1C.Cl.Cl. The van der Waals surface area contributed by atoms with Gasteiger partial charge in [-0.15, -0.1) is 24.8 Å². The Labute approximate surface area is 168 Å².